The number of hydrogen-bond donors (Lipinski definition) is 1. The van der Waals surface area contributed by atoms with Gasteiger partial charge in [-0.15, -0.1) is 0 Å². The van der Waals surface area contributed by atoms with E-state index in [9.17, 15) is 4.79 Å². The topological polar surface area (TPSA) is 29.1 Å². The Bertz CT molecular complexity index is 730. The first-order valence-electron chi connectivity index (χ1n) is 9.22. The molecule has 1 heterocycles. The lowest BCUT2D eigenvalue weighted by molar-refractivity contribution is 0.0864. The van der Waals surface area contributed by atoms with E-state index in [1.54, 1.807) is 0 Å². The van der Waals surface area contributed by atoms with Crippen molar-refractivity contribution < 1.29 is 4.79 Å². The summed E-state index contributed by atoms with van der Waals surface area (Å²) in [5, 5.41) is 3.69. The number of nitrogens with one attached hydrogen (secondary N) is 1. The van der Waals surface area contributed by atoms with Gasteiger partial charge in [0.25, 0.3) is 0 Å². The molecule has 0 saturated carbocycles. The van der Waals surface area contributed by atoms with E-state index < -0.39 is 0 Å². The van der Waals surface area contributed by atoms with Gasteiger partial charge in [0.15, 0.2) is 5.78 Å². The molecule has 2 heteroatoms. The van der Waals surface area contributed by atoms with Gasteiger partial charge in [-0.2, -0.15) is 0 Å². The zero-order valence-corrected chi connectivity index (χ0v) is 15.8. The van der Waals surface area contributed by atoms with Gasteiger partial charge in [-0.1, -0.05) is 48.5 Å². The molecular weight excluding hydrogens is 306 g/mol. The lowest BCUT2D eigenvalue weighted by Crippen LogP contribution is -2.57. The van der Waals surface area contributed by atoms with Gasteiger partial charge < -0.3 is 5.32 Å². The van der Waals surface area contributed by atoms with Crippen LogP contribution in [0.4, 0.5) is 0 Å². The highest BCUT2D eigenvalue weighted by molar-refractivity contribution is 5.97. The van der Waals surface area contributed by atoms with Crippen molar-refractivity contribution >= 4 is 5.78 Å². The van der Waals surface area contributed by atoms with Crippen LogP contribution in [-0.2, 0) is 0 Å². The predicted octanol–water partition coefficient (Wildman–Crippen LogP) is 5.48. The summed E-state index contributed by atoms with van der Waals surface area (Å²) in [5.41, 5.74) is 3.26. The maximum atomic E-state index is 12.9. The molecule has 0 aromatic heterocycles. The minimum atomic E-state index is 0.0819. The van der Waals surface area contributed by atoms with Crippen LogP contribution in [0.1, 0.15) is 57.3 Å². The molecule has 0 aliphatic carbocycles. The Hall–Kier alpha value is -1.93. The third-order valence-corrected chi connectivity index (χ3v) is 5.04. The van der Waals surface area contributed by atoms with Crippen LogP contribution in [0.25, 0.3) is 11.1 Å². The SMILES string of the molecule is CC1(C)CC(CC(=O)c2cccc(-c3ccccc3)c2)CC(C)(C)N1. The fourth-order valence-corrected chi connectivity index (χ4v) is 4.56. The van der Waals surface area contributed by atoms with Gasteiger partial charge in [-0.25, -0.2) is 0 Å². The number of hydrogen-bond acceptors (Lipinski definition) is 2. The number of carbonyl (C=O) groups excluding carboxylic acids is 1. The van der Waals surface area contributed by atoms with Crippen LogP contribution in [0.15, 0.2) is 54.6 Å². The Labute approximate surface area is 151 Å². The third kappa shape index (κ3) is 4.58. The van der Waals surface area contributed by atoms with Crippen molar-refractivity contribution in [1.29, 1.82) is 0 Å². The van der Waals surface area contributed by atoms with E-state index in [4.69, 9.17) is 0 Å². The first-order valence-corrected chi connectivity index (χ1v) is 9.22. The maximum Gasteiger partial charge on any atom is 0.163 e. The molecule has 1 saturated heterocycles. The lowest BCUT2D eigenvalue weighted by Gasteiger charge is -2.46. The summed E-state index contributed by atoms with van der Waals surface area (Å²) >= 11 is 0. The molecule has 0 spiro atoms. The summed E-state index contributed by atoms with van der Waals surface area (Å²) in [7, 11) is 0. The number of benzene rings is 2. The number of rotatable bonds is 4. The van der Waals surface area contributed by atoms with Gasteiger partial charge >= 0.3 is 0 Å². The lowest BCUT2D eigenvalue weighted by atomic mass is 9.74. The molecule has 2 aromatic carbocycles. The Balaban J connectivity index is 1.76. The van der Waals surface area contributed by atoms with Crippen LogP contribution >= 0.6 is 0 Å². The van der Waals surface area contributed by atoms with Crippen molar-refractivity contribution in [3.63, 3.8) is 0 Å². The molecule has 0 unspecified atom stereocenters. The highest BCUT2D eigenvalue weighted by Crippen LogP contribution is 2.35. The van der Waals surface area contributed by atoms with E-state index in [2.05, 4.69) is 51.2 Å². The average Bonchev–Trinajstić information content (AvgIpc) is 2.53. The van der Waals surface area contributed by atoms with E-state index >= 15 is 0 Å². The fraction of sp³-hybridized carbons (Fsp3) is 0.435. The van der Waals surface area contributed by atoms with Crippen molar-refractivity contribution in [2.45, 2.75) is 58.0 Å². The summed E-state index contributed by atoms with van der Waals surface area (Å²) < 4.78 is 0. The van der Waals surface area contributed by atoms with E-state index in [0.29, 0.717) is 12.3 Å². The van der Waals surface area contributed by atoms with E-state index in [0.717, 1.165) is 29.5 Å². The van der Waals surface area contributed by atoms with Crippen LogP contribution in [-0.4, -0.2) is 16.9 Å². The van der Waals surface area contributed by atoms with Gasteiger partial charge in [-0.05, 0) is 63.6 Å². The van der Waals surface area contributed by atoms with Gasteiger partial charge in [-0.3, -0.25) is 4.79 Å². The molecule has 0 atom stereocenters. The largest absolute Gasteiger partial charge is 0.307 e. The van der Waals surface area contributed by atoms with Gasteiger partial charge in [0.05, 0.1) is 0 Å². The molecule has 1 aliphatic rings. The minimum Gasteiger partial charge on any atom is -0.307 e. The summed E-state index contributed by atoms with van der Waals surface area (Å²) in [6.07, 6.45) is 2.72. The Morgan fingerprint density at radius 3 is 2.16 bits per heavy atom. The number of ketones is 1. The first-order chi connectivity index (χ1) is 11.7. The minimum absolute atomic E-state index is 0.0819. The molecule has 2 aromatic rings. The van der Waals surface area contributed by atoms with Crippen LogP contribution in [0, 0.1) is 5.92 Å². The molecular formula is C23H29NO. The second-order valence-electron chi connectivity index (χ2n) is 8.74. The number of carbonyl (C=O) groups is 1. The summed E-state index contributed by atoms with van der Waals surface area (Å²) in [6.45, 7) is 8.95. The zero-order valence-electron chi connectivity index (χ0n) is 15.8. The average molecular weight is 335 g/mol. The number of piperidine rings is 1. The van der Waals surface area contributed by atoms with Crippen molar-refractivity contribution in [3.8, 4) is 11.1 Å². The molecule has 0 radical (unpaired) electrons. The summed E-state index contributed by atoms with van der Waals surface area (Å²) in [4.78, 5) is 12.9. The second-order valence-corrected chi connectivity index (χ2v) is 8.74. The molecule has 1 fully saturated rings. The highest BCUT2D eigenvalue weighted by atomic mass is 16.1. The second kappa shape index (κ2) is 6.76. The Kier molecular flexibility index (Phi) is 4.83. The Morgan fingerprint density at radius 1 is 0.920 bits per heavy atom. The molecule has 132 valence electrons. The monoisotopic (exact) mass is 335 g/mol. The van der Waals surface area contributed by atoms with Crippen molar-refractivity contribution in [2.75, 3.05) is 0 Å². The third-order valence-electron chi connectivity index (χ3n) is 5.04. The quantitative estimate of drug-likeness (QED) is 0.749. The van der Waals surface area contributed by atoms with Gasteiger partial charge in [0.2, 0.25) is 0 Å². The first kappa shape index (κ1) is 17.9. The van der Waals surface area contributed by atoms with Gasteiger partial charge in [0, 0.05) is 23.1 Å². The normalized spacial score (nSPS) is 19.5. The summed E-state index contributed by atoms with van der Waals surface area (Å²) in [6, 6.07) is 18.3. The molecule has 0 bridgehead atoms. The van der Waals surface area contributed by atoms with E-state index in [1.165, 1.54) is 0 Å². The van der Waals surface area contributed by atoms with Crippen molar-refractivity contribution in [3.05, 3.63) is 60.2 Å². The van der Waals surface area contributed by atoms with Gasteiger partial charge in [0.1, 0.15) is 0 Å². The number of Topliss-reactive ketones (excluding diaryl/α,β-unsaturated/α-hetero) is 1. The zero-order chi connectivity index (χ0) is 18.1. The molecule has 2 nitrogen and oxygen atoms in total. The highest BCUT2D eigenvalue weighted by Gasteiger charge is 2.38. The summed E-state index contributed by atoms with van der Waals surface area (Å²) in [5.74, 6) is 0.690. The predicted molar refractivity (Wildman–Crippen MR) is 105 cm³/mol. The van der Waals surface area contributed by atoms with Crippen LogP contribution in [0.3, 0.4) is 0 Å². The maximum absolute atomic E-state index is 12.9. The van der Waals surface area contributed by atoms with Crippen LogP contribution in [0.2, 0.25) is 0 Å². The standard InChI is InChI=1S/C23H29NO/c1-22(2)15-17(16-23(3,4)24-22)13-21(25)20-12-8-11-19(14-20)18-9-6-5-7-10-18/h5-12,14,17,24H,13,15-16H2,1-4H3. The van der Waals surface area contributed by atoms with Crippen molar-refractivity contribution in [1.82, 2.24) is 5.32 Å². The Morgan fingerprint density at radius 2 is 1.52 bits per heavy atom. The molecule has 1 aliphatic heterocycles. The smallest absolute Gasteiger partial charge is 0.163 e. The van der Waals surface area contributed by atoms with E-state index in [-0.39, 0.29) is 16.9 Å². The van der Waals surface area contributed by atoms with Crippen molar-refractivity contribution in [2.24, 2.45) is 5.92 Å². The molecule has 25 heavy (non-hydrogen) atoms. The molecule has 1 N–H and O–H groups in total. The molecule has 3 rings (SSSR count). The van der Waals surface area contributed by atoms with E-state index in [1.807, 2.05) is 36.4 Å². The van der Waals surface area contributed by atoms with Crippen LogP contribution < -0.4 is 5.32 Å². The van der Waals surface area contributed by atoms with Crippen LogP contribution in [0.5, 0.6) is 0 Å². The fourth-order valence-electron chi connectivity index (χ4n) is 4.56. The molecule has 0 amide bonds.